The maximum Gasteiger partial charge on any atom is 0.244 e. The van der Waals surface area contributed by atoms with E-state index < -0.39 is 5.54 Å². The maximum atomic E-state index is 13.1. The molecule has 0 saturated carbocycles. The van der Waals surface area contributed by atoms with Gasteiger partial charge in [-0.15, -0.1) is 0 Å². The molecule has 2 aromatic heterocycles. The van der Waals surface area contributed by atoms with E-state index in [1.54, 1.807) is 24.8 Å². The molecule has 0 N–H and O–H groups in total. The van der Waals surface area contributed by atoms with Crippen LogP contribution in [0.15, 0.2) is 43.1 Å². The monoisotopic (exact) mass is 338 g/mol. The van der Waals surface area contributed by atoms with Crippen molar-refractivity contribution in [3.05, 3.63) is 48.7 Å². The Kier molecular flexibility index (Phi) is 4.09. The normalized spacial score (nSPS) is 24.3. The Hall–Kier alpha value is -2.54. The molecule has 0 radical (unpaired) electrons. The molecule has 0 bridgehead atoms. The van der Waals surface area contributed by atoms with Crippen molar-refractivity contribution in [2.24, 2.45) is 0 Å². The van der Waals surface area contributed by atoms with Crippen LogP contribution in [0.25, 0.3) is 0 Å². The summed E-state index contributed by atoms with van der Waals surface area (Å²) in [6.45, 7) is 3.82. The fourth-order valence-corrected chi connectivity index (χ4v) is 3.90. The number of hydrogen-bond donors (Lipinski definition) is 0. The second kappa shape index (κ2) is 6.40. The van der Waals surface area contributed by atoms with Crippen LogP contribution in [0.1, 0.15) is 12.0 Å². The molecule has 2 aliphatic rings. The number of hydrogen-bond acceptors (Lipinski definition) is 6. The molecule has 2 fully saturated rings. The van der Waals surface area contributed by atoms with Crippen LogP contribution < -0.4 is 4.90 Å². The molecule has 130 valence electrons. The van der Waals surface area contributed by atoms with Gasteiger partial charge in [-0.05, 0) is 18.1 Å². The number of pyridine rings is 1. The molecule has 7 nitrogen and oxygen atoms in total. The molecule has 0 aliphatic carbocycles. The molecular weight excluding hydrogens is 316 g/mol. The first-order valence-electron chi connectivity index (χ1n) is 8.59. The topological polar surface area (TPSA) is 65.5 Å². The smallest absolute Gasteiger partial charge is 0.244 e. The quantitative estimate of drug-likeness (QED) is 0.825. The highest BCUT2D eigenvalue weighted by atomic mass is 16.2. The molecule has 1 atom stereocenters. The van der Waals surface area contributed by atoms with Gasteiger partial charge in [-0.25, -0.2) is 4.98 Å². The van der Waals surface area contributed by atoms with Gasteiger partial charge in [-0.1, -0.05) is 6.07 Å². The van der Waals surface area contributed by atoms with Gasteiger partial charge in [0.1, 0.15) is 11.4 Å². The summed E-state index contributed by atoms with van der Waals surface area (Å²) >= 11 is 0. The Balaban J connectivity index is 1.62. The lowest BCUT2D eigenvalue weighted by atomic mass is 9.91. The number of anilines is 1. The SMILES string of the molecule is CN1CCN(Cc2cccnc2)[C@@]2(CCN(c3cnccn3)C2)C1=O. The van der Waals surface area contributed by atoms with Crippen LogP contribution in [-0.4, -0.2) is 69.4 Å². The predicted octanol–water partition coefficient (Wildman–Crippen LogP) is 0.795. The fraction of sp³-hybridized carbons (Fsp3) is 0.444. The fourth-order valence-electron chi connectivity index (χ4n) is 3.90. The van der Waals surface area contributed by atoms with E-state index in [9.17, 15) is 4.79 Å². The average molecular weight is 338 g/mol. The average Bonchev–Trinajstić information content (AvgIpc) is 3.11. The lowest BCUT2D eigenvalue weighted by molar-refractivity contribution is -0.148. The van der Waals surface area contributed by atoms with Crippen molar-refractivity contribution in [2.45, 2.75) is 18.5 Å². The molecule has 0 unspecified atom stereocenters. The number of nitrogens with zero attached hydrogens (tertiary/aromatic N) is 6. The lowest BCUT2D eigenvalue weighted by Crippen LogP contribution is -2.65. The first-order valence-corrected chi connectivity index (χ1v) is 8.59. The minimum Gasteiger partial charge on any atom is -0.353 e. The van der Waals surface area contributed by atoms with Crippen molar-refractivity contribution < 1.29 is 4.79 Å². The van der Waals surface area contributed by atoms with E-state index in [4.69, 9.17) is 0 Å². The predicted molar refractivity (Wildman–Crippen MR) is 93.9 cm³/mol. The van der Waals surface area contributed by atoms with Gasteiger partial charge in [0.15, 0.2) is 0 Å². The van der Waals surface area contributed by atoms with Crippen LogP contribution in [0.3, 0.4) is 0 Å². The van der Waals surface area contributed by atoms with Gasteiger partial charge in [-0.2, -0.15) is 0 Å². The number of likely N-dealkylation sites (N-methyl/N-ethyl adjacent to an activating group) is 1. The van der Waals surface area contributed by atoms with E-state index in [1.807, 2.05) is 24.2 Å². The summed E-state index contributed by atoms with van der Waals surface area (Å²) in [6.07, 6.45) is 9.59. The van der Waals surface area contributed by atoms with Gasteiger partial charge in [0.05, 0.1) is 6.20 Å². The number of piperazine rings is 1. The molecule has 1 amide bonds. The van der Waals surface area contributed by atoms with E-state index in [0.717, 1.165) is 44.0 Å². The molecule has 2 saturated heterocycles. The highest BCUT2D eigenvalue weighted by Gasteiger charge is 2.52. The molecule has 1 spiro atoms. The molecule has 4 heterocycles. The number of carbonyl (C=O) groups is 1. The molecular formula is C18H22N6O. The third-order valence-corrected chi connectivity index (χ3v) is 5.27. The van der Waals surface area contributed by atoms with E-state index in [-0.39, 0.29) is 5.91 Å². The van der Waals surface area contributed by atoms with Crippen LogP contribution >= 0.6 is 0 Å². The summed E-state index contributed by atoms with van der Waals surface area (Å²) < 4.78 is 0. The Morgan fingerprint density at radius 2 is 2.00 bits per heavy atom. The molecule has 2 aromatic rings. The minimum atomic E-state index is -0.500. The van der Waals surface area contributed by atoms with Crippen molar-refractivity contribution in [2.75, 3.05) is 38.1 Å². The van der Waals surface area contributed by atoms with Crippen molar-refractivity contribution in [3.8, 4) is 0 Å². The molecule has 0 aromatic carbocycles. The van der Waals surface area contributed by atoms with E-state index >= 15 is 0 Å². The summed E-state index contributed by atoms with van der Waals surface area (Å²) in [7, 11) is 1.90. The van der Waals surface area contributed by atoms with Crippen molar-refractivity contribution in [1.29, 1.82) is 0 Å². The summed E-state index contributed by atoms with van der Waals surface area (Å²) in [5.74, 6) is 1.04. The summed E-state index contributed by atoms with van der Waals surface area (Å²) in [5, 5.41) is 0. The first-order chi connectivity index (χ1) is 12.2. The number of aromatic nitrogens is 3. The number of carbonyl (C=O) groups excluding carboxylic acids is 1. The van der Waals surface area contributed by atoms with Gasteiger partial charge in [0, 0.05) is 64.6 Å². The third-order valence-electron chi connectivity index (χ3n) is 5.27. The lowest BCUT2D eigenvalue weighted by Gasteiger charge is -2.46. The second-order valence-corrected chi connectivity index (χ2v) is 6.78. The van der Waals surface area contributed by atoms with Crippen LogP contribution in [0.4, 0.5) is 5.82 Å². The largest absolute Gasteiger partial charge is 0.353 e. The van der Waals surface area contributed by atoms with Gasteiger partial charge in [0.2, 0.25) is 5.91 Å². The Morgan fingerprint density at radius 3 is 2.76 bits per heavy atom. The zero-order valence-corrected chi connectivity index (χ0v) is 14.4. The molecule has 4 rings (SSSR count). The molecule has 25 heavy (non-hydrogen) atoms. The Morgan fingerprint density at radius 1 is 1.12 bits per heavy atom. The zero-order valence-electron chi connectivity index (χ0n) is 14.4. The van der Waals surface area contributed by atoms with Crippen LogP contribution in [-0.2, 0) is 11.3 Å². The maximum absolute atomic E-state index is 13.1. The van der Waals surface area contributed by atoms with Gasteiger partial charge >= 0.3 is 0 Å². The molecule has 7 heteroatoms. The number of rotatable bonds is 3. The second-order valence-electron chi connectivity index (χ2n) is 6.78. The Bertz CT molecular complexity index is 740. The third kappa shape index (κ3) is 2.84. The van der Waals surface area contributed by atoms with Gasteiger partial charge in [0.25, 0.3) is 0 Å². The van der Waals surface area contributed by atoms with Crippen LogP contribution in [0.2, 0.25) is 0 Å². The van der Waals surface area contributed by atoms with Gasteiger partial charge in [-0.3, -0.25) is 19.7 Å². The van der Waals surface area contributed by atoms with Crippen LogP contribution in [0.5, 0.6) is 0 Å². The standard InChI is InChI=1S/C18H22N6O/c1-22-9-10-24(13-15-3-2-5-19-11-15)18(17(22)25)4-8-23(14-18)16-12-20-6-7-21-16/h2-3,5-7,11-12H,4,8-10,13-14H2,1H3/t18-/m1/s1. The summed E-state index contributed by atoms with van der Waals surface area (Å²) in [6, 6.07) is 4.01. The van der Waals surface area contributed by atoms with E-state index in [1.165, 1.54) is 0 Å². The minimum absolute atomic E-state index is 0.203. The zero-order chi connectivity index (χ0) is 17.3. The first kappa shape index (κ1) is 16.0. The Labute approximate surface area is 147 Å². The highest BCUT2D eigenvalue weighted by molar-refractivity contribution is 5.88. The van der Waals surface area contributed by atoms with E-state index in [0.29, 0.717) is 6.54 Å². The summed E-state index contributed by atoms with van der Waals surface area (Å²) in [4.78, 5) is 32.3. The van der Waals surface area contributed by atoms with Crippen molar-refractivity contribution in [1.82, 2.24) is 24.8 Å². The highest BCUT2D eigenvalue weighted by Crippen LogP contribution is 2.35. The molecule has 2 aliphatic heterocycles. The van der Waals surface area contributed by atoms with Crippen molar-refractivity contribution in [3.63, 3.8) is 0 Å². The number of amides is 1. The van der Waals surface area contributed by atoms with E-state index in [2.05, 4.69) is 30.8 Å². The van der Waals surface area contributed by atoms with Crippen molar-refractivity contribution >= 4 is 11.7 Å². The van der Waals surface area contributed by atoms with Crippen LogP contribution in [0, 0.1) is 0 Å². The van der Waals surface area contributed by atoms with Gasteiger partial charge < -0.3 is 9.80 Å². The summed E-state index contributed by atoms with van der Waals surface area (Å²) in [5.41, 5.74) is 0.637.